The van der Waals surface area contributed by atoms with Crippen LogP contribution in [0.3, 0.4) is 0 Å². The number of anilines is 2. The normalized spacial score (nSPS) is 14.1. The second-order valence-corrected chi connectivity index (χ2v) is 18.4. The first-order valence-electron chi connectivity index (χ1n) is 24.0. The van der Waals surface area contributed by atoms with Crippen LogP contribution in [-0.4, -0.2) is 34.7 Å². The maximum atomic E-state index is 5.63. The molecular weight excluding hydrogens is 855 g/mol. The molecular formula is C63H41N7. The molecule has 5 heterocycles. The van der Waals surface area contributed by atoms with Crippen LogP contribution in [0.4, 0.5) is 11.6 Å². The van der Waals surface area contributed by atoms with Gasteiger partial charge in [0.05, 0.1) is 45.0 Å². The maximum absolute atomic E-state index is 5.63. The van der Waals surface area contributed by atoms with Gasteiger partial charge in [0.15, 0.2) is 5.82 Å². The van der Waals surface area contributed by atoms with Crippen molar-refractivity contribution in [3.05, 3.63) is 241 Å². The largest absolute Gasteiger partial charge is 0.310 e. The van der Waals surface area contributed by atoms with Crippen LogP contribution in [0, 0.1) is 0 Å². The van der Waals surface area contributed by atoms with Crippen LogP contribution >= 0.6 is 0 Å². The second-order valence-electron chi connectivity index (χ2n) is 18.4. The van der Waals surface area contributed by atoms with Gasteiger partial charge in [-0.1, -0.05) is 164 Å². The number of fused-ring (bicyclic) bond motifs is 12. The van der Waals surface area contributed by atoms with E-state index in [9.17, 15) is 0 Å². The SMILES string of the molecule is C1=C2c3ccccc3N(c3nc(-c4ccc(-c5ccccc5)cc4)nc(-n4c5ccccc5c5cc6c(cc54)c4ccccc4n6-c4ccccc4)n3)C2Cc2c1n(-c1ccccc1)c1ccccc21. The van der Waals surface area contributed by atoms with Crippen molar-refractivity contribution in [2.75, 3.05) is 4.90 Å². The zero-order chi connectivity index (χ0) is 45.9. The van der Waals surface area contributed by atoms with Crippen molar-refractivity contribution in [1.29, 1.82) is 0 Å². The van der Waals surface area contributed by atoms with Crippen molar-refractivity contribution < 1.29 is 0 Å². The van der Waals surface area contributed by atoms with Crippen molar-refractivity contribution in [1.82, 2.24) is 28.7 Å². The number of nitrogens with zero attached hydrogens (tertiary/aromatic N) is 7. The highest BCUT2D eigenvalue weighted by Gasteiger charge is 2.41. The van der Waals surface area contributed by atoms with Crippen LogP contribution in [0.1, 0.15) is 16.8 Å². The minimum absolute atomic E-state index is 0.0645. The molecule has 1 atom stereocenters. The van der Waals surface area contributed by atoms with Gasteiger partial charge in [-0.05, 0) is 89.0 Å². The lowest BCUT2D eigenvalue weighted by Gasteiger charge is -2.29. The van der Waals surface area contributed by atoms with Gasteiger partial charge >= 0.3 is 0 Å². The van der Waals surface area contributed by atoms with Gasteiger partial charge in [0.2, 0.25) is 11.9 Å². The van der Waals surface area contributed by atoms with Crippen LogP contribution in [0.5, 0.6) is 0 Å². The van der Waals surface area contributed by atoms with E-state index in [2.05, 4.69) is 249 Å². The van der Waals surface area contributed by atoms with Gasteiger partial charge in [0, 0.05) is 55.9 Å². The maximum Gasteiger partial charge on any atom is 0.240 e. The highest BCUT2D eigenvalue weighted by molar-refractivity contribution is 6.19. The fraction of sp³-hybridized carbons (Fsp3) is 0.0317. The Kier molecular flexibility index (Phi) is 8.35. The molecule has 0 radical (unpaired) electrons. The number of hydrogen-bond acceptors (Lipinski definition) is 4. The van der Waals surface area contributed by atoms with E-state index in [1.165, 1.54) is 38.7 Å². The molecule has 4 aromatic heterocycles. The summed E-state index contributed by atoms with van der Waals surface area (Å²) >= 11 is 0. The molecule has 9 aromatic carbocycles. The van der Waals surface area contributed by atoms with Gasteiger partial charge in [-0.3, -0.25) is 4.57 Å². The molecule has 7 nitrogen and oxygen atoms in total. The molecule has 1 unspecified atom stereocenters. The first kappa shape index (κ1) is 38.7. The first-order chi connectivity index (χ1) is 34.7. The molecule has 2 aliphatic rings. The summed E-state index contributed by atoms with van der Waals surface area (Å²) in [6.45, 7) is 0. The van der Waals surface area contributed by atoms with Crippen molar-refractivity contribution in [2.24, 2.45) is 0 Å². The van der Waals surface area contributed by atoms with Gasteiger partial charge < -0.3 is 14.0 Å². The van der Waals surface area contributed by atoms with Crippen molar-refractivity contribution in [3.63, 3.8) is 0 Å². The molecule has 0 saturated heterocycles. The molecule has 0 saturated carbocycles. The Hall–Kier alpha value is -9.33. The Morgan fingerprint density at radius 1 is 0.371 bits per heavy atom. The lowest BCUT2D eigenvalue weighted by atomic mass is 9.89. The molecule has 0 bridgehead atoms. The molecule has 0 fully saturated rings. The first-order valence-corrected chi connectivity index (χ1v) is 24.0. The smallest absolute Gasteiger partial charge is 0.240 e. The lowest BCUT2D eigenvalue weighted by molar-refractivity contribution is 0.774. The van der Waals surface area contributed by atoms with Crippen LogP contribution < -0.4 is 4.90 Å². The number of aromatic nitrogens is 6. The summed E-state index contributed by atoms with van der Waals surface area (Å²) in [6.07, 6.45) is 3.20. The van der Waals surface area contributed by atoms with E-state index in [-0.39, 0.29) is 6.04 Å². The Bertz CT molecular complexity index is 4260. The van der Waals surface area contributed by atoms with Crippen molar-refractivity contribution in [2.45, 2.75) is 12.5 Å². The summed E-state index contributed by atoms with van der Waals surface area (Å²) < 4.78 is 7.07. The van der Waals surface area contributed by atoms with Crippen LogP contribution in [-0.2, 0) is 6.42 Å². The predicted molar refractivity (Wildman–Crippen MR) is 287 cm³/mol. The van der Waals surface area contributed by atoms with E-state index in [1.54, 1.807) is 0 Å². The standard InChI is InChI=1S/C63H41N7/c1-4-18-40(19-5-1)41-32-34-42(35-33-41)61-64-62(69-55-30-16-12-26-47(55)51-36-57-49(38-59(51)69)45-24-10-14-28-53(45)67(57)43-20-6-2-7-21-43)66-63(65-61)70-56-31-17-13-27-48(56)52-37-58-50(39-60(52)70)46-25-11-15-29-54(46)68(58)44-22-8-3-9-23-44/h1-38,60H,39H2. The minimum Gasteiger partial charge on any atom is -0.310 e. The molecule has 0 amide bonds. The highest BCUT2D eigenvalue weighted by atomic mass is 15.3. The Morgan fingerprint density at radius 3 is 1.56 bits per heavy atom. The molecule has 1 aliphatic carbocycles. The van der Waals surface area contributed by atoms with Gasteiger partial charge in [-0.15, -0.1) is 0 Å². The molecule has 7 heteroatoms. The average Bonchev–Trinajstić information content (AvgIpc) is 4.15. The number of para-hydroxylation sites is 6. The predicted octanol–water partition coefficient (Wildman–Crippen LogP) is 15.0. The topological polar surface area (TPSA) is 56.7 Å². The third-order valence-corrected chi connectivity index (χ3v) is 14.6. The van der Waals surface area contributed by atoms with Crippen LogP contribution in [0.2, 0.25) is 0 Å². The summed E-state index contributed by atoms with van der Waals surface area (Å²) in [5.41, 5.74) is 17.1. The summed E-state index contributed by atoms with van der Waals surface area (Å²) in [4.78, 5) is 19.0. The molecule has 328 valence electrons. The molecule has 70 heavy (non-hydrogen) atoms. The molecule has 0 spiro atoms. The summed E-state index contributed by atoms with van der Waals surface area (Å²) in [6, 6.07) is 80.1. The Labute approximate surface area is 403 Å². The van der Waals surface area contributed by atoms with Crippen molar-refractivity contribution in [3.8, 4) is 39.8 Å². The van der Waals surface area contributed by atoms with Gasteiger partial charge in [-0.25, -0.2) is 0 Å². The second kappa shape index (κ2) is 15.1. The fourth-order valence-corrected chi connectivity index (χ4v) is 11.6. The average molecular weight is 896 g/mol. The molecule has 0 N–H and O–H groups in total. The number of hydrogen-bond donors (Lipinski definition) is 0. The van der Waals surface area contributed by atoms with Gasteiger partial charge in [0.25, 0.3) is 0 Å². The zero-order valence-corrected chi connectivity index (χ0v) is 37.9. The molecule has 13 aromatic rings. The van der Waals surface area contributed by atoms with Crippen LogP contribution in [0.25, 0.3) is 106 Å². The van der Waals surface area contributed by atoms with E-state index in [1.807, 2.05) is 0 Å². The van der Waals surface area contributed by atoms with Gasteiger partial charge in [-0.2, -0.15) is 15.0 Å². The van der Waals surface area contributed by atoms with Crippen molar-refractivity contribution >= 4 is 77.8 Å². The summed E-state index contributed by atoms with van der Waals surface area (Å²) in [5, 5.41) is 5.87. The molecule has 15 rings (SSSR count). The quantitative estimate of drug-likeness (QED) is 0.167. The van der Waals surface area contributed by atoms with E-state index in [0.717, 1.165) is 78.4 Å². The lowest BCUT2D eigenvalue weighted by Crippen LogP contribution is -2.32. The number of benzene rings is 9. The molecule has 1 aliphatic heterocycles. The monoisotopic (exact) mass is 895 g/mol. The zero-order valence-electron chi connectivity index (χ0n) is 37.9. The summed E-state index contributed by atoms with van der Waals surface area (Å²) in [5.74, 6) is 1.78. The van der Waals surface area contributed by atoms with Crippen LogP contribution in [0.15, 0.2) is 224 Å². The fourth-order valence-electron chi connectivity index (χ4n) is 11.6. The Morgan fingerprint density at radius 2 is 0.871 bits per heavy atom. The van der Waals surface area contributed by atoms with E-state index in [4.69, 9.17) is 15.0 Å². The van der Waals surface area contributed by atoms with E-state index >= 15 is 0 Å². The minimum atomic E-state index is -0.0645. The summed E-state index contributed by atoms with van der Waals surface area (Å²) in [7, 11) is 0. The third-order valence-electron chi connectivity index (χ3n) is 14.6. The highest BCUT2D eigenvalue weighted by Crippen LogP contribution is 2.50. The Balaban J connectivity index is 0.977. The van der Waals surface area contributed by atoms with Gasteiger partial charge in [0.1, 0.15) is 0 Å². The van der Waals surface area contributed by atoms with E-state index in [0.29, 0.717) is 17.7 Å². The number of rotatable bonds is 6. The third kappa shape index (κ3) is 5.72. The van der Waals surface area contributed by atoms with E-state index < -0.39 is 0 Å².